The molecule has 0 unspecified atom stereocenters. The summed E-state index contributed by atoms with van der Waals surface area (Å²) < 4.78 is 6.17. The molecule has 0 bridgehead atoms. The molecule has 0 atom stereocenters. The molecular formula is C16H24BrNO2S. The van der Waals surface area contributed by atoms with Gasteiger partial charge >= 0.3 is 0 Å². The minimum absolute atomic E-state index is 0.209. The topological polar surface area (TPSA) is 29.5 Å². The van der Waals surface area contributed by atoms with Gasteiger partial charge in [-0.25, -0.2) is 0 Å². The summed E-state index contributed by atoms with van der Waals surface area (Å²) in [6.07, 6.45) is 0.558. The number of carbonyl (C=O) groups excluding carboxylic acids is 1. The second-order valence-corrected chi connectivity index (χ2v) is 7.25. The fourth-order valence-corrected chi connectivity index (χ4v) is 3.43. The molecule has 5 heteroatoms. The summed E-state index contributed by atoms with van der Waals surface area (Å²) in [6, 6.07) is 8.09. The maximum absolute atomic E-state index is 12.3. The van der Waals surface area contributed by atoms with Crippen molar-refractivity contribution in [3.63, 3.8) is 0 Å². The first kappa shape index (κ1) is 18.5. The predicted octanol–water partition coefficient (Wildman–Crippen LogP) is 4.06. The first-order valence-electron chi connectivity index (χ1n) is 7.18. The fraction of sp³-hybridized carbons (Fsp3) is 0.562. The number of hydrogen-bond donors (Lipinski definition) is 0. The SMILES string of the molecule is COCCN(CC(C)C)C(=O)CCSc1ccccc1Br. The second-order valence-electron chi connectivity index (χ2n) is 5.26. The van der Waals surface area contributed by atoms with Crippen LogP contribution in [0.15, 0.2) is 33.6 Å². The molecule has 0 heterocycles. The number of hydrogen-bond acceptors (Lipinski definition) is 3. The molecule has 0 N–H and O–H groups in total. The number of nitrogens with zero attached hydrogens (tertiary/aromatic N) is 1. The van der Waals surface area contributed by atoms with E-state index in [0.29, 0.717) is 25.5 Å². The van der Waals surface area contributed by atoms with Gasteiger partial charge in [-0.2, -0.15) is 0 Å². The van der Waals surface area contributed by atoms with Crippen LogP contribution in [0.5, 0.6) is 0 Å². The summed E-state index contributed by atoms with van der Waals surface area (Å²) >= 11 is 5.24. The highest BCUT2D eigenvalue weighted by Crippen LogP contribution is 2.27. The normalized spacial score (nSPS) is 10.9. The van der Waals surface area contributed by atoms with E-state index in [2.05, 4.69) is 35.8 Å². The van der Waals surface area contributed by atoms with Gasteiger partial charge < -0.3 is 9.64 Å². The molecule has 0 aliphatic rings. The van der Waals surface area contributed by atoms with Gasteiger partial charge in [-0.05, 0) is 34.0 Å². The third kappa shape index (κ3) is 7.34. The number of rotatable bonds is 9. The molecule has 0 aromatic heterocycles. The Morgan fingerprint density at radius 1 is 1.38 bits per heavy atom. The maximum atomic E-state index is 12.3. The van der Waals surface area contributed by atoms with E-state index >= 15 is 0 Å². The molecule has 0 fully saturated rings. The highest BCUT2D eigenvalue weighted by atomic mass is 79.9. The summed E-state index contributed by atoms with van der Waals surface area (Å²) in [7, 11) is 1.67. The summed E-state index contributed by atoms with van der Waals surface area (Å²) in [5, 5.41) is 0. The van der Waals surface area contributed by atoms with Crippen molar-refractivity contribution in [2.75, 3.05) is 32.6 Å². The molecule has 1 aromatic rings. The smallest absolute Gasteiger partial charge is 0.223 e. The van der Waals surface area contributed by atoms with Crippen LogP contribution in [-0.2, 0) is 9.53 Å². The Hall–Kier alpha value is -0.520. The van der Waals surface area contributed by atoms with Crippen molar-refractivity contribution < 1.29 is 9.53 Å². The van der Waals surface area contributed by atoms with Crippen molar-refractivity contribution in [1.82, 2.24) is 4.90 Å². The zero-order valence-corrected chi connectivity index (χ0v) is 15.4. The largest absolute Gasteiger partial charge is 0.383 e. The molecule has 1 rings (SSSR count). The van der Waals surface area contributed by atoms with E-state index in [1.165, 1.54) is 4.90 Å². The summed E-state index contributed by atoms with van der Waals surface area (Å²) in [5.41, 5.74) is 0. The van der Waals surface area contributed by atoms with E-state index in [4.69, 9.17) is 4.74 Å². The third-order valence-electron chi connectivity index (χ3n) is 2.91. The Morgan fingerprint density at radius 3 is 2.71 bits per heavy atom. The lowest BCUT2D eigenvalue weighted by Gasteiger charge is -2.24. The van der Waals surface area contributed by atoms with Crippen molar-refractivity contribution in [3.05, 3.63) is 28.7 Å². The quantitative estimate of drug-likeness (QED) is 0.611. The number of benzene rings is 1. The molecule has 0 spiro atoms. The van der Waals surface area contributed by atoms with Gasteiger partial charge in [0.2, 0.25) is 5.91 Å². The van der Waals surface area contributed by atoms with Crippen LogP contribution in [0.25, 0.3) is 0 Å². The van der Waals surface area contributed by atoms with E-state index in [0.717, 1.165) is 16.8 Å². The number of halogens is 1. The zero-order chi connectivity index (χ0) is 15.7. The fourth-order valence-electron chi connectivity index (χ4n) is 1.93. The van der Waals surface area contributed by atoms with Crippen LogP contribution < -0.4 is 0 Å². The second kappa shape index (κ2) is 10.2. The molecule has 0 saturated carbocycles. The molecule has 3 nitrogen and oxygen atoms in total. The molecule has 1 aromatic carbocycles. The number of methoxy groups -OCH3 is 1. The van der Waals surface area contributed by atoms with Crippen LogP contribution in [0.3, 0.4) is 0 Å². The lowest BCUT2D eigenvalue weighted by atomic mass is 10.2. The lowest BCUT2D eigenvalue weighted by Crippen LogP contribution is -2.36. The van der Waals surface area contributed by atoms with Crippen molar-refractivity contribution in [1.29, 1.82) is 0 Å². The Bertz CT molecular complexity index is 440. The molecular weight excluding hydrogens is 350 g/mol. The van der Waals surface area contributed by atoms with Crippen molar-refractivity contribution >= 4 is 33.6 Å². The van der Waals surface area contributed by atoms with E-state index in [9.17, 15) is 4.79 Å². The van der Waals surface area contributed by atoms with Gasteiger partial charge in [0.15, 0.2) is 0 Å². The van der Waals surface area contributed by atoms with Gasteiger partial charge in [-0.3, -0.25) is 4.79 Å². The van der Waals surface area contributed by atoms with E-state index < -0.39 is 0 Å². The van der Waals surface area contributed by atoms with Gasteiger partial charge in [0.25, 0.3) is 0 Å². The van der Waals surface area contributed by atoms with Crippen molar-refractivity contribution in [2.45, 2.75) is 25.2 Å². The standard InChI is InChI=1S/C16H24BrNO2S/c1-13(2)12-18(9-10-20-3)16(19)8-11-21-15-7-5-4-6-14(15)17/h4-7,13H,8-12H2,1-3H3. The Morgan fingerprint density at radius 2 is 2.10 bits per heavy atom. The molecule has 118 valence electrons. The number of carbonyl (C=O) groups is 1. The van der Waals surface area contributed by atoms with E-state index in [1.807, 2.05) is 23.1 Å². The Labute approximate surface area is 140 Å². The maximum Gasteiger partial charge on any atom is 0.223 e. The van der Waals surface area contributed by atoms with Crippen molar-refractivity contribution in [3.8, 4) is 0 Å². The zero-order valence-electron chi connectivity index (χ0n) is 13.0. The molecule has 21 heavy (non-hydrogen) atoms. The Kier molecular flexibility index (Phi) is 9.04. The predicted molar refractivity (Wildman–Crippen MR) is 92.8 cm³/mol. The van der Waals surface area contributed by atoms with Crippen molar-refractivity contribution in [2.24, 2.45) is 5.92 Å². The monoisotopic (exact) mass is 373 g/mol. The van der Waals surface area contributed by atoms with Crippen LogP contribution >= 0.6 is 27.7 Å². The van der Waals surface area contributed by atoms with Gasteiger partial charge in [-0.1, -0.05) is 26.0 Å². The van der Waals surface area contributed by atoms with Gasteiger partial charge in [0, 0.05) is 41.7 Å². The van der Waals surface area contributed by atoms with Crippen LogP contribution in [-0.4, -0.2) is 43.4 Å². The number of thioether (sulfide) groups is 1. The molecule has 0 aliphatic carbocycles. The van der Waals surface area contributed by atoms with Gasteiger partial charge in [0.1, 0.15) is 0 Å². The number of ether oxygens (including phenoxy) is 1. The highest BCUT2D eigenvalue weighted by Gasteiger charge is 2.14. The first-order valence-corrected chi connectivity index (χ1v) is 8.96. The first-order chi connectivity index (χ1) is 10.0. The van der Waals surface area contributed by atoms with Crippen LogP contribution in [0, 0.1) is 5.92 Å². The summed E-state index contributed by atoms with van der Waals surface area (Å²) in [5.74, 6) is 1.48. The molecule has 1 amide bonds. The highest BCUT2D eigenvalue weighted by molar-refractivity contribution is 9.10. The Balaban J connectivity index is 2.44. The van der Waals surface area contributed by atoms with Crippen LogP contribution in [0.2, 0.25) is 0 Å². The lowest BCUT2D eigenvalue weighted by molar-refractivity contribution is -0.131. The minimum atomic E-state index is 0.209. The van der Waals surface area contributed by atoms with Crippen LogP contribution in [0.4, 0.5) is 0 Å². The third-order valence-corrected chi connectivity index (χ3v) is 4.94. The van der Waals surface area contributed by atoms with Gasteiger partial charge in [-0.15, -0.1) is 11.8 Å². The average molecular weight is 374 g/mol. The average Bonchev–Trinajstić information content (AvgIpc) is 2.45. The van der Waals surface area contributed by atoms with E-state index in [-0.39, 0.29) is 5.91 Å². The molecule has 0 saturated heterocycles. The molecule has 0 aliphatic heterocycles. The van der Waals surface area contributed by atoms with Gasteiger partial charge in [0.05, 0.1) is 6.61 Å². The molecule has 0 radical (unpaired) electrons. The minimum Gasteiger partial charge on any atom is -0.383 e. The summed E-state index contributed by atoms with van der Waals surface area (Å²) in [4.78, 5) is 15.4. The van der Waals surface area contributed by atoms with Crippen LogP contribution in [0.1, 0.15) is 20.3 Å². The summed E-state index contributed by atoms with van der Waals surface area (Å²) in [6.45, 7) is 6.32. The number of amides is 1. The van der Waals surface area contributed by atoms with E-state index in [1.54, 1.807) is 18.9 Å².